The fourth-order valence-electron chi connectivity index (χ4n) is 2.18. The Hall–Kier alpha value is -1.26. The van der Waals surface area contributed by atoms with Gasteiger partial charge in [0.05, 0.1) is 10.7 Å². The summed E-state index contributed by atoms with van der Waals surface area (Å²) in [5.74, 6) is -0.142. The fourth-order valence-corrected chi connectivity index (χ4v) is 3.16. The zero-order valence-electron chi connectivity index (χ0n) is 12.5. The highest BCUT2D eigenvalue weighted by atomic mass is 32.1. The Labute approximate surface area is 124 Å². The largest absolute Gasteiger partial charge is 0.310 e. The maximum atomic E-state index is 13.7. The van der Waals surface area contributed by atoms with Crippen molar-refractivity contribution in [3.8, 4) is 0 Å². The van der Waals surface area contributed by atoms with Crippen LogP contribution in [0.5, 0.6) is 0 Å². The summed E-state index contributed by atoms with van der Waals surface area (Å²) < 4.78 is 13.7. The van der Waals surface area contributed by atoms with Crippen molar-refractivity contribution in [1.82, 2.24) is 10.3 Å². The zero-order valence-corrected chi connectivity index (χ0v) is 13.3. The van der Waals surface area contributed by atoms with Crippen LogP contribution in [-0.4, -0.2) is 11.5 Å². The minimum absolute atomic E-state index is 0.111. The normalized spacial score (nSPS) is 12.7. The third-order valence-corrected chi connectivity index (χ3v) is 4.60. The van der Waals surface area contributed by atoms with Gasteiger partial charge < -0.3 is 5.32 Å². The summed E-state index contributed by atoms with van der Waals surface area (Å²) in [6.07, 6.45) is 0.801. The second-order valence-electron chi connectivity index (χ2n) is 5.07. The number of benzene rings is 1. The monoisotopic (exact) mass is 292 g/mol. The predicted octanol–water partition coefficient (Wildman–Crippen LogP) is 4.10. The molecule has 0 aliphatic heterocycles. The van der Waals surface area contributed by atoms with Crippen LogP contribution in [0.1, 0.15) is 39.7 Å². The van der Waals surface area contributed by atoms with Gasteiger partial charge in [-0.05, 0) is 44.5 Å². The lowest BCUT2D eigenvalue weighted by Gasteiger charge is -2.17. The number of thiazole rings is 1. The fraction of sp³-hybridized carbons (Fsp3) is 0.438. The van der Waals surface area contributed by atoms with Crippen LogP contribution in [0, 0.1) is 26.6 Å². The molecule has 0 spiro atoms. The van der Waals surface area contributed by atoms with Gasteiger partial charge in [-0.25, -0.2) is 9.37 Å². The number of likely N-dealkylation sites (N-methyl/N-ethyl adjacent to an activating group) is 1. The highest BCUT2D eigenvalue weighted by molar-refractivity contribution is 7.11. The molecule has 4 heteroatoms. The first-order valence-electron chi connectivity index (χ1n) is 6.93. The Bertz CT molecular complexity index is 573. The molecule has 0 bridgehead atoms. The summed E-state index contributed by atoms with van der Waals surface area (Å²) in [4.78, 5) is 5.84. The lowest BCUT2D eigenvalue weighted by molar-refractivity contribution is 0.540. The Morgan fingerprint density at radius 1 is 1.30 bits per heavy atom. The first-order valence-corrected chi connectivity index (χ1v) is 7.75. The SMILES string of the molecule is CCNC(Cc1nc(C)c(C)s1)c1ccc(C)c(F)c1. The number of rotatable bonds is 5. The highest BCUT2D eigenvalue weighted by Gasteiger charge is 2.15. The lowest BCUT2D eigenvalue weighted by Crippen LogP contribution is -2.23. The van der Waals surface area contributed by atoms with E-state index >= 15 is 0 Å². The average molecular weight is 292 g/mol. The maximum Gasteiger partial charge on any atom is 0.126 e. The van der Waals surface area contributed by atoms with E-state index in [1.807, 2.05) is 19.1 Å². The number of hydrogen-bond acceptors (Lipinski definition) is 3. The first-order chi connectivity index (χ1) is 9.51. The smallest absolute Gasteiger partial charge is 0.126 e. The number of halogens is 1. The summed E-state index contributed by atoms with van der Waals surface area (Å²) in [6, 6.07) is 5.59. The van der Waals surface area contributed by atoms with E-state index in [2.05, 4.69) is 24.1 Å². The molecule has 0 radical (unpaired) electrons. The molecule has 0 aliphatic carbocycles. The minimum Gasteiger partial charge on any atom is -0.310 e. The molecule has 1 atom stereocenters. The topological polar surface area (TPSA) is 24.9 Å². The number of hydrogen-bond donors (Lipinski definition) is 1. The van der Waals surface area contributed by atoms with Crippen LogP contribution in [0.15, 0.2) is 18.2 Å². The molecule has 2 nitrogen and oxygen atoms in total. The Balaban J connectivity index is 2.23. The van der Waals surface area contributed by atoms with Crippen molar-refractivity contribution in [2.75, 3.05) is 6.54 Å². The molecule has 2 rings (SSSR count). The van der Waals surface area contributed by atoms with Crippen LogP contribution in [0.2, 0.25) is 0 Å². The number of nitrogens with one attached hydrogen (secondary N) is 1. The predicted molar refractivity (Wildman–Crippen MR) is 82.8 cm³/mol. The summed E-state index contributed by atoms with van der Waals surface area (Å²) >= 11 is 1.73. The molecular formula is C16H21FN2S. The van der Waals surface area contributed by atoms with Crippen molar-refractivity contribution in [1.29, 1.82) is 0 Å². The van der Waals surface area contributed by atoms with Crippen LogP contribution in [0.25, 0.3) is 0 Å². The molecule has 0 amide bonds. The highest BCUT2D eigenvalue weighted by Crippen LogP contribution is 2.24. The van der Waals surface area contributed by atoms with Crippen molar-refractivity contribution < 1.29 is 4.39 Å². The molecule has 0 saturated carbocycles. The number of aryl methyl sites for hydroxylation is 3. The summed E-state index contributed by atoms with van der Waals surface area (Å²) in [7, 11) is 0. The molecule has 1 aromatic heterocycles. The lowest BCUT2D eigenvalue weighted by atomic mass is 10.0. The van der Waals surface area contributed by atoms with E-state index in [1.54, 1.807) is 24.3 Å². The molecule has 2 aromatic rings. The van der Waals surface area contributed by atoms with Gasteiger partial charge >= 0.3 is 0 Å². The van der Waals surface area contributed by atoms with E-state index in [0.717, 1.165) is 29.2 Å². The van der Waals surface area contributed by atoms with E-state index in [1.165, 1.54) is 4.88 Å². The van der Waals surface area contributed by atoms with Crippen molar-refractivity contribution in [3.05, 3.63) is 50.7 Å². The van der Waals surface area contributed by atoms with Gasteiger partial charge in [0.1, 0.15) is 5.82 Å². The van der Waals surface area contributed by atoms with Crippen molar-refractivity contribution in [3.63, 3.8) is 0 Å². The molecule has 1 aromatic carbocycles. The molecule has 1 N–H and O–H groups in total. The van der Waals surface area contributed by atoms with E-state index in [-0.39, 0.29) is 11.9 Å². The van der Waals surface area contributed by atoms with Gasteiger partial charge in [0.2, 0.25) is 0 Å². The van der Waals surface area contributed by atoms with Crippen LogP contribution in [-0.2, 0) is 6.42 Å². The van der Waals surface area contributed by atoms with E-state index in [4.69, 9.17) is 0 Å². The van der Waals surface area contributed by atoms with Gasteiger partial charge in [-0.1, -0.05) is 19.1 Å². The molecule has 1 heterocycles. The minimum atomic E-state index is -0.142. The Morgan fingerprint density at radius 3 is 2.60 bits per heavy atom. The van der Waals surface area contributed by atoms with Crippen LogP contribution in [0.4, 0.5) is 4.39 Å². The zero-order chi connectivity index (χ0) is 14.7. The van der Waals surface area contributed by atoms with Gasteiger partial charge in [-0.3, -0.25) is 0 Å². The third kappa shape index (κ3) is 3.44. The number of nitrogens with zero attached hydrogens (tertiary/aromatic N) is 1. The first kappa shape index (κ1) is 15.1. The van der Waals surface area contributed by atoms with E-state index < -0.39 is 0 Å². The third-order valence-electron chi connectivity index (χ3n) is 3.50. The second-order valence-corrected chi connectivity index (χ2v) is 6.36. The van der Waals surface area contributed by atoms with Gasteiger partial charge in [0.15, 0.2) is 0 Å². The average Bonchev–Trinajstić information content (AvgIpc) is 2.71. The van der Waals surface area contributed by atoms with Gasteiger partial charge in [-0.2, -0.15) is 0 Å². The van der Waals surface area contributed by atoms with E-state index in [9.17, 15) is 4.39 Å². The van der Waals surface area contributed by atoms with Crippen molar-refractivity contribution >= 4 is 11.3 Å². The quantitative estimate of drug-likeness (QED) is 0.897. The molecule has 0 aliphatic rings. The van der Waals surface area contributed by atoms with Gasteiger partial charge in [0, 0.05) is 17.3 Å². The molecule has 0 fully saturated rings. The summed E-state index contributed by atoms with van der Waals surface area (Å²) in [5.41, 5.74) is 2.76. The molecule has 108 valence electrons. The summed E-state index contributed by atoms with van der Waals surface area (Å²) in [6.45, 7) is 8.82. The van der Waals surface area contributed by atoms with Crippen LogP contribution in [0.3, 0.4) is 0 Å². The van der Waals surface area contributed by atoms with Gasteiger partial charge in [-0.15, -0.1) is 11.3 Å². The van der Waals surface area contributed by atoms with Crippen molar-refractivity contribution in [2.45, 2.75) is 40.2 Å². The Kier molecular flexibility index (Phi) is 4.89. The van der Waals surface area contributed by atoms with Gasteiger partial charge in [0.25, 0.3) is 0 Å². The van der Waals surface area contributed by atoms with E-state index in [0.29, 0.717) is 5.56 Å². The maximum absolute atomic E-state index is 13.7. The Morgan fingerprint density at radius 2 is 2.05 bits per heavy atom. The van der Waals surface area contributed by atoms with Crippen LogP contribution >= 0.6 is 11.3 Å². The number of aromatic nitrogens is 1. The molecule has 0 saturated heterocycles. The van der Waals surface area contributed by atoms with Crippen LogP contribution < -0.4 is 5.32 Å². The molecular weight excluding hydrogens is 271 g/mol. The standard InChI is InChI=1S/C16H21FN2S/c1-5-18-15(9-16-19-11(3)12(4)20-16)13-7-6-10(2)14(17)8-13/h6-8,15,18H,5,9H2,1-4H3. The van der Waals surface area contributed by atoms with Crippen molar-refractivity contribution in [2.24, 2.45) is 0 Å². The molecule has 20 heavy (non-hydrogen) atoms. The second kappa shape index (κ2) is 6.46. The molecule has 1 unspecified atom stereocenters. The summed E-state index contributed by atoms with van der Waals surface area (Å²) in [5, 5.41) is 4.53.